The molecule has 0 aliphatic carbocycles. The van der Waals surface area contributed by atoms with Gasteiger partial charge < -0.3 is 15.1 Å². The summed E-state index contributed by atoms with van der Waals surface area (Å²) >= 11 is 0. The summed E-state index contributed by atoms with van der Waals surface area (Å²) in [5.74, 6) is 4.84. The Labute approximate surface area is 109 Å². The van der Waals surface area contributed by atoms with Crippen LogP contribution in [0.4, 0.5) is 4.39 Å². The van der Waals surface area contributed by atoms with E-state index >= 15 is 0 Å². The predicted octanol–water partition coefficient (Wildman–Crippen LogP) is 0.922. The van der Waals surface area contributed by atoms with E-state index < -0.39 is 11.4 Å². The molecule has 2 heterocycles. The van der Waals surface area contributed by atoms with Gasteiger partial charge in [0.1, 0.15) is 17.0 Å². The normalized spacial score (nSPS) is 18.0. The summed E-state index contributed by atoms with van der Waals surface area (Å²) in [6.07, 6.45) is 1.77. The van der Waals surface area contributed by atoms with Crippen molar-refractivity contribution in [2.75, 3.05) is 13.2 Å². The summed E-state index contributed by atoms with van der Waals surface area (Å²) in [7, 11) is 0. The third kappa shape index (κ3) is 3.50. The van der Waals surface area contributed by atoms with Gasteiger partial charge in [-0.2, -0.15) is 0 Å². The highest BCUT2D eigenvalue weighted by Gasteiger charge is 2.27. The van der Waals surface area contributed by atoms with Crippen molar-refractivity contribution < 1.29 is 19.4 Å². The van der Waals surface area contributed by atoms with Crippen molar-refractivity contribution in [2.45, 2.75) is 18.4 Å². The molecule has 1 saturated heterocycles. The summed E-state index contributed by atoms with van der Waals surface area (Å²) in [6, 6.07) is 2.59. The maximum absolute atomic E-state index is 13.2. The lowest BCUT2D eigenvalue weighted by Gasteiger charge is -2.26. The van der Waals surface area contributed by atoms with Gasteiger partial charge in [0.05, 0.1) is 19.4 Å². The van der Waals surface area contributed by atoms with Gasteiger partial charge in [-0.05, 0) is 18.1 Å². The molecule has 1 aromatic rings. The quantitative estimate of drug-likeness (QED) is 0.342. The molecule has 0 aromatic carbocycles. The molecular weight excluding hydrogens is 251 g/mol. The Hall–Kier alpha value is -1.97. The maximum atomic E-state index is 13.2. The molecule has 1 fully saturated rings. The largest absolute Gasteiger partial charge is 0.411 e. The van der Waals surface area contributed by atoms with E-state index in [9.17, 15) is 9.50 Å². The van der Waals surface area contributed by atoms with Gasteiger partial charge >= 0.3 is 0 Å². The molecule has 0 radical (unpaired) electrons. The van der Waals surface area contributed by atoms with Crippen molar-refractivity contribution >= 4 is 6.21 Å². The molecule has 0 unspecified atom stereocenters. The van der Waals surface area contributed by atoms with Crippen molar-refractivity contribution in [3.05, 3.63) is 29.3 Å². The van der Waals surface area contributed by atoms with Gasteiger partial charge in [-0.25, -0.2) is 9.37 Å². The lowest BCUT2D eigenvalue weighted by Crippen LogP contribution is -2.34. The minimum absolute atomic E-state index is 0.103. The smallest absolute Gasteiger partial charge is 0.150 e. The second kappa shape index (κ2) is 5.78. The third-order valence-electron chi connectivity index (χ3n) is 2.80. The molecule has 1 aliphatic heterocycles. The highest BCUT2D eigenvalue weighted by Crippen LogP contribution is 2.19. The SMILES string of the molecule is O/N=C/c1nc(C#CC2(O)CCOCC2)ccc1F. The molecule has 100 valence electrons. The Morgan fingerprint density at radius 3 is 2.84 bits per heavy atom. The molecule has 1 aliphatic rings. The van der Waals surface area contributed by atoms with Crippen LogP contribution in [-0.4, -0.2) is 40.3 Å². The van der Waals surface area contributed by atoms with E-state index in [0.29, 0.717) is 31.7 Å². The van der Waals surface area contributed by atoms with Crippen LogP contribution in [-0.2, 0) is 4.74 Å². The molecule has 2 rings (SSSR count). The molecule has 1 aromatic heterocycles. The van der Waals surface area contributed by atoms with Crippen LogP contribution in [0.2, 0.25) is 0 Å². The highest BCUT2D eigenvalue weighted by molar-refractivity contribution is 5.76. The Kier molecular flexibility index (Phi) is 4.10. The van der Waals surface area contributed by atoms with Crippen molar-refractivity contribution in [2.24, 2.45) is 5.16 Å². The van der Waals surface area contributed by atoms with Gasteiger partial charge in [0, 0.05) is 12.8 Å². The lowest BCUT2D eigenvalue weighted by molar-refractivity contribution is -0.0262. The minimum atomic E-state index is -1.08. The Balaban J connectivity index is 2.22. The first-order valence-corrected chi connectivity index (χ1v) is 5.80. The van der Waals surface area contributed by atoms with Gasteiger partial charge in [-0.1, -0.05) is 11.1 Å². The molecule has 0 spiro atoms. The number of halogens is 1. The van der Waals surface area contributed by atoms with E-state index in [-0.39, 0.29) is 5.69 Å². The first kappa shape index (κ1) is 13.5. The fraction of sp³-hybridized carbons (Fsp3) is 0.385. The number of aromatic nitrogens is 1. The number of rotatable bonds is 1. The van der Waals surface area contributed by atoms with E-state index in [2.05, 4.69) is 22.0 Å². The Morgan fingerprint density at radius 2 is 2.16 bits per heavy atom. The first-order valence-electron chi connectivity index (χ1n) is 5.80. The average molecular weight is 264 g/mol. The molecule has 19 heavy (non-hydrogen) atoms. The topological polar surface area (TPSA) is 74.9 Å². The Bertz CT molecular complexity index is 543. The van der Waals surface area contributed by atoms with E-state index in [0.717, 1.165) is 6.21 Å². The number of ether oxygens (including phenoxy) is 1. The minimum Gasteiger partial charge on any atom is -0.411 e. The van der Waals surface area contributed by atoms with Crippen LogP contribution in [0.25, 0.3) is 0 Å². The Morgan fingerprint density at radius 1 is 1.42 bits per heavy atom. The standard InChI is InChI=1S/C13H13FN2O3/c14-11-2-1-10(16-12(11)9-15-18)3-4-13(17)5-7-19-8-6-13/h1-2,9,17-18H,5-8H2/b15-9+. The second-order valence-corrected chi connectivity index (χ2v) is 4.20. The maximum Gasteiger partial charge on any atom is 0.150 e. The van der Waals surface area contributed by atoms with E-state index in [1.807, 2.05) is 0 Å². The number of oxime groups is 1. The average Bonchev–Trinajstić information content (AvgIpc) is 2.41. The van der Waals surface area contributed by atoms with Crippen molar-refractivity contribution in [3.8, 4) is 11.8 Å². The van der Waals surface area contributed by atoms with Gasteiger partial charge in [0.2, 0.25) is 0 Å². The van der Waals surface area contributed by atoms with Crippen molar-refractivity contribution in [3.63, 3.8) is 0 Å². The number of aliphatic hydroxyl groups is 1. The molecule has 0 bridgehead atoms. The van der Waals surface area contributed by atoms with E-state index in [4.69, 9.17) is 9.94 Å². The molecule has 2 N–H and O–H groups in total. The van der Waals surface area contributed by atoms with E-state index in [1.54, 1.807) is 0 Å². The lowest BCUT2D eigenvalue weighted by atomic mass is 9.95. The van der Waals surface area contributed by atoms with Gasteiger partial charge in [-0.3, -0.25) is 0 Å². The molecule has 0 saturated carbocycles. The zero-order valence-corrected chi connectivity index (χ0v) is 10.1. The summed E-state index contributed by atoms with van der Waals surface area (Å²) in [5.41, 5.74) is -0.885. The van der Waals surface area contributed by atoms with Crippen molar-refractivity contribution in [1.29, 1.82) is 0 Å². The van der Waals surface area contributed by atoms with Crippen LogP contribution in [0, 0.1) is 17.7 Å². The summed E-state index contributed by atoms with van der Waals surface area (Å²) in [5, 5.41) is 21.3. The fourth-order valence-electron chi connectivity index (χ4n) is 1.69. The van der Waals surface area contributed by atoms with Gasteiger partial charge in [0.15, 0.2) is 5.82 Å². The van der Waals surface area contributed by atoms with E-state index in [1.165, 1.54) is 12.1 Å². The zero-order chi connectivity index (χ0) is 13.7. The van der Waals surface area contributed by atoms with Crippen molar-refractivity contribution in [1.82, 2.24) is 4.98 Å². The van der Waals surface area contributed by atoms with Gasteiger partial charge in [-0.15, -0.1) is 0 Å². The van der Waals surface area contributed by atoms with Crippen LogP contribution in [0.15, 0.2) is 17.3 Å². The summed E-state index contributed by atoms with van der Waals surface area (Å²) in [4.78, 5) is 3.88. The molecule has 0 amide bonds. The van der Waals surface area contributed by atoms with Crippen LogP contribution >= 0.6 is 0 Å². The number of hydrogen-bond donors (Lipinski definition) is 2. The number of pyridine rings is 1. The van der Waals surface area contributed by atoms with Crippen LogP contribution in [0.1, 0.15) is 24.2 Å². The fourth-order valence-corrected chi connectivity index (χ4v) is 1.69. The van der Waals surface area contributed by atoms with Gasteiger partial charge in [0.25, 0.3) is 0 Å². The molecular formula is C13H13FN2O3. The summed E-state index contributed by atoms with van der Waals surface area (Å²) < 4.78 is 18.4. The van der Waals surface area contributed by atoms with Crippen LogP contribution in [0.3, 0.4) is 0 Å². The van der Waals surface area contributed by atoms with Crippen LogP contribution in [0.5, 0.6) is 0 Å². The molecule has 5 nitrogen and oxygen atoms in total. The molecule has 0 atom stereocenters. The second-order valence-electron chi connectivity index (χ2n) is 4.20. The van der Waals surface area contributed by atoms with Crippen LogP contribution < -0.4 is 0 Å². The summed E-state index contributed by atoms with van der Waals surface area (Å²) in [6.45, 7) is 0.925. The highest BCUT2D eigenvalue weighted by atomic mass is 19.1. The first-order chi connectivity index (χ1) is 9.13. The predicted molar refractivity (Wildman–Crippen MR) is 65.5 cm³/mol. The third-order valence-corrected chi connectivity index (χ3v) is 2.80. The number of hydrogen-bond acceptors (Lipinski definition) is 5. The molecule has 6 heteroatoms. The monoisotopic (exact) mass is 264 g/mol. The number of nitrogens with zero attached hydrogens (tertiary/aromatic N) is 2. The zero-order valence-electron chi connectivity index (χ0n) is 10.1.